The van der Waals surface area contributed by atoms with E-state index in [1.807, 2.05) is 26.8 Å². The number of phenols is 1. The molecule has 1 unspecified atom stereocenters. The molecule has 0 saturated carbocycles. The highest BCUT2D eigenvalue weighted by Crippen LogP contribution is 2.30. The molecule has 88 valence electrons. The highest BCUT2D eigenvalue weighted by atomic mass is 16.4. The molecule has 0 aromatic heterocycles. The Labute approximate surface area is 95.7 Å². The van der Waals surface area contributed by atoms with Crippen LogP contribution in [0.25, 0.3) is 0 Å². The van der Waals surface area contributed by atoms with Gasteiger partial charge in [-0.25, -0.2) is 0 Å². The Bertz CT molecular complexity index is 422. The van der Waals surface area contributed by atoms with Gasteiger partial charge in [-0.2, -0.15) is 0 Å². The summed E-state index contributed by atoms with van der Waals surface area (Å²) in [6.07, 6.45) is 0.369. The van der Waals surface area contributed by atoms with Crippen LogP contribution < -0.4 is 0 Å². The Morgan fingerprint density at radius 1 is 1.31 bits per heavy atom. The lowest BCUT2D eigenvalue weighted by molar-refractivity contribution is -0.141. The lowest BCUT2D eigenvalue weighted by Gasteiger charge is -2.15. The highest BCUT2D eigenvalue weighted by Gasteiger charge is 2.17. The van der Waals surface area contributed by atoms with Crippen molar-refractivity contribution in [3.63, 3.8) is 0 Å². The minimum atomic E-state index is -0.836. The first-order chi connectivity index (χ1) is 7.34. The quantitative estimate of drug-likeness (QED) is 0.826. The fraction of sp³-hybridized carbons (Fsp3) is 0.462. The number of aryl methyl sites for hydroxylation is 2. The molecule has 0 fully saturated rings. The molecule has 3 heteroatoms. The highest BCUT2D eigenvalue weighted by molar-refractivity contribution is 5.70. The summed E-state index contributed by atoms with van der Waals surface area (Å²) in [4.78, 5) is 10.8. The predicted octanol–water partition coefficient (Wildman–Crippen LogP) is 2.58. The molecule has 2 N–H and O–H groups in total. The van der Waals surface area contributed by atoms with Crippen molar-refractivity contribution in [2.45, 2.75) is 34.1 Å². The van der Waals surface area contributed by atoms with Crippen molar-refractivity contribution in [3.8, 4) is 5.75 Å². The van der Waals surface area contributed by atoms with Crippen LogP contribution in [0.3, 0.4) is 0 Å². The Morgan fingerprint density at radius 2 is 1.88 bits per heavy atom. The largest absolute Gasteiger partial charge is 0.507 e. The van der Waals surface area contributed by atoms with Gasteiger partial charge in [-0.05, 0) is 49.4 Å². The minimum Gasteiger partial charge on any atom is -0.507 e. The molecule has 0 spiro atoms. The Balaban J connectivity index is 3.14. The van der Waals surface area contributed by atoms with Crippen LogP contribution in [0, 0.1) is 26.7 Å². The van der Waals surface area contributed by atoms with Gasteiger partial charge in [0.2, 0.25) is 0 Å². The van der Waals surface area contributed by atoms with Crippen LogP contribution in [0.4, 0.5) is 0 Å². The van der Waals surface area contributed by atoms with Gasteiger partial charge >= 0.3 is 5.97 Å². The van der Waals surface area contributed by atoms with Gasteiger partial charge in [0.25, 0.3) is 0 Å². The Morgan fingerprint density at radius 3 is 2.38 bits per heavy atom. The molecule has 1 aromatic rings. The maximum Gasteiger partial charge on any atom is 0.306 e. The number of carboxylic acids is 1. The first kappa shape index (κ1) is 12.6. The van der Waals surface area contributed by atoms with Gasteiger partial charge in [-0.3, -0.25) is 4.79 Å². The van der Waals surface area contributed by atoms with E-state index in [1.54, 1.807) is 6.92 Å². The Kier molecular flexibility index (Phi) is 3.58. The molecule has 1 atom stereocenters. The van der Waals surface area contributed by atoms with Gasteiger partial charge in [-0.1, -0.05) is 13.0 Å². The standard InChI is InChI=1S/C13H18O3/c1-7-5-8(2)11(12(14)10(7)4)6-9(3)13(15)16/h5,9,14H,6H2,1-4H3,(H,15,16). The van der Waals surface area contributed by atoms with Gasteiger partial charge in [0.15, 0.2) is 0 Å². The summed E-state index contributed by atoms with van der Waals surface area (Å²) in [5.41, 5.74) is 3.56. The van der Waals surface area contributed by atoms with Crippen molar-refractivity contribution in [2.24, 2.45) is 5.92 Å². The number of rotatable bonds is 3. The number of aliphatic carboxylic acids is 1. The summed E-state index contributed by atoms with van der Waals surface area (Å²) in [5, 5.41) is 18.9. The van der Waals surface area contributed by atoms with E-state index in [0.717, 1.165) is 22.3 Å². The molecular formula is C13H18O3. The molecule has 0 heterocycles. The molecule has 1 aromatic carbocycles. The maximum absolute atomic E-state index is 10.8. The third-order valence-electron chi connectivity index (χ3n) is 3.07. The van der Waals surface area contributed by atoms with Crippen molar-refractivity contribution in [1.82, 2.24) is 0 Å². The number of carbonyl (C=O) groups is 1. The fourth-order valence-corrected chi connectivity index (χ4v) is 1.77. The number of phenolic OH excluding ortho intramolecular Hbond substituents is 1. The summed E-state index contributed by atoms with van der Waals surface area (Å²) in [7, 11) is 0. The van der Waals surface area contributed by atoms with Crippen molar-refractivity contribution in [3.05, 3.63) is 28.3 Å². The third-order valence-corrected chi connectivity index (χ3v) is 3.07. The van der Waals surface area contributed by atoms with Gasteiger partial charge in [0.05, 0.1) is 5.92 Å². The number of carboxylic acid groups (broad SMARTS) is 1. The van der Waals surface area contributed by atoms with Crippen molar-refractivity contribution in [2.75, 3.05) is 0 Å². The van der Waals surface area contributed by atoms with E-state index >= 15 is 0 Å². The molecule has 3 nitrogen and oxygen atoms in total. The second-order valence-corrected chi connectivity index (χ2v) is 4.41. The number of hydrogen-bond donors (Lipinski definition) is 2. The van der Waals surface area contributed by atoms with Crippen LogP contribution in [-0.4, -0.2) is 16.2 Å². The van der Waals surface area contributed by atoms with E-state index in [1.165, 1.54) is 0 Å². The van der Waals surface area contributed by atoms with E-state index < -0.39 is 11.9 Å². The SMILES string of the molecule is Cc1cc(C)c(CC(C)C(=O)O)c(O)c1C. The lowest BCUT2D eigenvalue weighted by Crippen LogP contribution is -2.13. The normalized spacial score (nSPS) is 12.5. The molecule has 0 bridgehead atoms. The van der Waals surface area contributed by atoms with Crippen LogP contribution in [0.2, 0.25) is 0 Å². The van der Waals surface area contributed by atoms with E-state index in [2.05, 4.69) is 0 Å². The summed E-state index contributed by atoms with van der Waals surface area (Å²) in [6, 6.07) is 1.99. The van der Waals surface area contributed by atoms with Crippen LogP contribution in [0.15, 0.2) is 6.07 Å². The summed E-state index contributed by atoms with van der Waals surface area (Å²) in [5.74, 6) is -1.07. The minimum absolute atomic E-state index is 0.241. The smallest absolute Gasteiger partial charge is 0.306 e. The third kappa shape index (κ3) is 2.35. The van der Waals surface area contributed by atoms with Crippen LogP contribution in [0.1, 0.15) is 29.2 Å². The molecule has 0 saturated heterocycles. The van der Waals surface area contributed by atoms with Crippen LogP contribution >= 0.6 is 0 Å². The van der Waals surface area contributed by atoms with E-state index in [9.17, 15) is 9.90 Å². The van der Waals surface area contributed by atoms with E-state index in [-0.39, 0.29) is 5.75 Å². The number of benzene rings is 1. The molecule has 0 aliphatic carbocycles. The average Bonchev–Trinajstić information content (AvgIpc) is 2.20. The predicted molar refractivity (Wildman–Crippen MR) is 62.8 cm³/mol. The molecule has 0 radical (unpaired) electrons. The lowest BCUT2D eigenvalue weighted by atomic mass is 9.92. The van der Waals surface area contributed by atoms with E-state index in [0.29, 0.717) is 6.42 Å². The zero-order chi connectivity index (χ0) is 12.5. The van der Waals surface area contributed by atoms with Gasteiger partial charge < -0.3 is 10.2 Å². The van der Waals surface area contributed by atoms with Gasteiger partial charge in [0.1, 0.15) is 5.75 Å². The van der Waals surface area contributed by atoms with Crippen LogP contribution in [-0.2, 0) is 11.2 Å². The Hall–Kier alpha value is -1.51. The van der Waals surface area contributed by atoms with Crippen molar-refractivity contribution in [1.29, 1.82) is 0 Å². The second-order valence-electron chi connectivity index (χ2n) is 4.41. The molecular weight excluding hydrogens is 204 g/mol. The van der Waals surface area contributed by atoms with Crippen LogP contribution in [0.5, 0.6) is 5.75 Å². The number of aromatic hydroxyl groups is 1. The fourth-order valence-electron chi connectivity index (χ4n) is 1.77. The summed E-state index contributed by atoms with van der Waals surface area (Å²) < 4.78 is 0. The zero-order valence-corrected chi connectivity index (χ0v) is 10.2. The molecule has 16 heavy (non-hydrogen) atoms. The van der Waals surface area contributed by atoms with Crippen molar-refractivity contribution >= 4 is 5.97 Å². The average molecular weight is 222 g/mol. The first-order valence-electron chi connectivity index (χ1n) is 5.36. The molecule has 0 amide bonds. The summed E-state index contributed by atoms with van der Waals surface area (Å²) >= 11 is 0. The summed E-state index contributed by atoms with van der Waals surface area (Å²) in [6.45, 7) is 7.33. The topological polar surface area (TPSA) is 57.5 Å². The van der Waals surface area contributed by atoms with Crippen molar-refractivity contribution < 1.29 is 15.0 Å². The monoisotopic (exact) mass is 222 g/mol. The zero-order valence-electron chi connectivity index (χ0n) is 10.2. The maximum atomic E-state index is 10.8. The number of hydrogen-bond acceptors (Lipinski definition) is 2. The first-order valence-corrected chi connectivity index (χ1v) is 5.36. The van der Waals surface area contributed by atoms with Gasteiger partial charge in [-0.15, -0.1) is 0 Å². The second kappa shape index (κ2) is 4.56. The molecule has 0 aliphatic heterocycles. The van der Waals surface area contributed by atoms with Gasteiger partial charge in [0, 0.05) is 0 Å². The molecule has 1 rings (SSSR count). The molecule has 0 aliphatic rings. The van der Waals surface area contributed by atoms with E-state index in [4.69, 9.17) is 5.11 Å².